The van der Waals surface area contributed by atoms with E-state index in [1.165, 1.54) is 12.8 Å². The fourth-order valence-corrected chi connectivity index (χ4v) is 2.98. The summed E-state index contributed by atoms with van der Waals surface area (Å²) in [6.07, 6.45) is 8.55. The van der Waals surface area contributed by atoms with Crippen molar-refractivity contribution in [3.63, 3.8) is 0 Å². The summed E-state index contributed by atoms with van der Waals surface area (Å²) in [5, 5.41) is 0. The average Bonchev–Trinajstić information content (AvgIpc) is 2.46. The number of hydrogen-bond donors (Lipinski definition) is 1. The molecule has 2 N–H and O–H groups in total. The molecule has 0 spiro atoms. The topological polar surface area (TPSA) is 61.6 Å². The predicted molar refractivity (Wildman–Crippen MR) is 69.1 cm³/mol. The summed E-state index contributed by atoms with van der Waals surface area (Å²) in [6, 6.07) is 0. The molecule has 2 rings (SSSR count). The zero-order chi connectivity index (χ0) is 12.8. The van der Waals surface area contributed by atoms with Gasteiger partial charge in [-0.25, -0.2) is 0 Å². The number of hydrogen-bond acceptors (Lipinski definition) is 4. The minimum atomic E-state index is -0.410. The number of esters is 1. The van der Waals surface area contributed by atoms with Crippen molar-refractivity contribution in [1.82, 2.24) is 0 Å². The molecule has 0 radical (unpaired) electrons. The molecule has 104 valence electrons. The molecule has 4 heteroatoms. The Morgan fingerprint density at radius 2 is 2.00 bits per heavy atom. The molecule has 1 saturated heterocycles. The predicted octanol–water partition coefficient (Wildman–Crippen LogP) is 2.01. The summed E-state index contributed by atoms with van der Waals surface area (Å²) in [4.78, 5) is 12.2. The molecule has 2 aliphatic rings. The molecule has 0 bridgehead atoms. The zero-order valence-corrected chi connectivity index (χ0v) is 11.2. The standard InChI is InChI=1S/C14H25NO3/c15-11-14(7-3-1-4-8-14)13(16)18-10-12-6-2-5-9-17-12/h12H,1-11,15H2. The monoisotopic (exact) mass is 255 g/mol. The maximum Gasteiger partial charge on any atom is 0.313 e. The van der Waals surface area contributed by atoms with E-state index >= 15 is 0 Å². The highest BCUT2D eigenvalue weighted by Gasteiger charge is 2.40. The third-order valence-electron chi connectivity index (χ3n) is 4.31. The van der Waals surface area contributed by atoms with Gasteiger partial charge in [-0.1, -0.05) is 19.3 Å². The summed E-state index contributed by atoms with van der Waals surface area (Å²) < 4.78 is 11.0. The Labute approximate surface area is 109 Å². The Bertz CT molecular complexity index is 268. The molecule has 0 amide bonds. The lowest BCUT2D eigenvalue weighted by Crippen LogP contribution is -2.42. The van der Waals surface area contributed by atoms with Crippen molar-refractivity contribution in [2.45, 2.75) is 57.5 Å². The van der Waals surface area contributed by atoms with Crippen LogP contribution in [0.2, 0.25) is 0 Å². The number of ether oxygens (including phenoxy) is 2. The normalized spacial score (nSPS) is 27.7. The maximum atomic E-state index is 12.2. The molecule has 1 aliphatic heterocycles. The molecule has 1 heterocycles. The van der Waals surface area contributed by atoms with Crippen molar-refractivity contribution in [3.8, 4) is 0 Å². The van der Waals surface area contributed by atoms with Gasteiger partial charge in [0, 0.05) is 13.2 Å². The molecule has 0 aromatic heterocycles. The lowest BCUT2D eigenvalue weighted by molar-refractivity contribution is -0.162. The van der Waals surface area contributed by atoms with Crippen LogP contribution in [-0.2, 0) is 14.3 Å². The third-order valence-corrected chi connectivity index (χ3v) is 4.31. The SMILES string of the molecule is NCC1(C(=O)OCC2CCCCO2)CCCCC1. The van der Waals surface area contributed by atoms with Crippen LogP contribution in [0.1, 0.15) is 51.4 Å². The van der Waals surface area contributed by atoms with Crippen LogP contribution in [0.4, 0.5) is 0 Å². The van der Waals surface area contributed by atoms with Crippen LogP contribution in [0.25, 0.3) is 0 Å². The first kappa shape index (κ1) is 13.8. The largest absolute Gasteiger partial charge is 0.462 e. The van der Waals surface area contributed by atoms with E-state index in [0.717, 1.165) is 45.1 Å². The zero-order valence-electron chi connectivity index (χ0n) is 11.2. The lowest BCUT2D eigenvalue weighted by atomic mass is 9.74. The Kier molecular flexibility index (Phi) is 5.01. The molecule has 0 aromatic carbocycles. The van der Waals surface area contributed by atoms with Crippen molar-refractivity contribution in [2.75, 3.05) is 19.8 Å². The fourth-order valence-electron chi connectivity index (χ4n) is 2.98. The summed E-state index contributed by atoms with van der Waals surface area (Å²) in [6.45, 7) is 1.61. The van der Waals surface area contributed by atoms with Gasteiger partial charge in [0.2, 0.25) is 0 Å². The van der Waals surface area contributed by atoms with Gasteiger partial charge in [-0.05, 0) is 32.1 Å². The highest BCUT2D eigenvalue weighted by Crippen LogP contribution is 2.36. The molecule has 0 aromatic rings. The summed E-state index contributed by atoms with van der Waals surface area (Å²) in [5.41, 5.74) is 5.41. The van der Waals surface area contributed by atoms with Crippen molar-refractivity contribution in [1.29, 1.82) is 0 Å². The first-order valence-corrected chi connectivity index (χ1v) is 7.26. The minimum absolute atomic E-state index is 0.0983. The molecular weight excluding hydrogens is 230 g/mol. The second kappa shape index (κ2) is 6.53. The van der Waals surface area contributed by atoms with Gasteiger partial charge in [-0.2, -0.15) is 0 Å². The van der Waals surface area contributed by atoms with Gasteiger partial charge in [0.1, 0.15) is 6.61 Å². The lowest BCUT2D eigenvalue weighted by Gasteiger charge is -2.34. The van der Waals surface area contributed by atoms with Gasteiger partial charge in [0.25, 0.3) is 0 Å². The molecule has 2 fully saturated rings. The van der Waals surface area contributed by atoms with E-state index in [4.69, 9.17) is 15.2 Å². The molecule has 1 unspecified atom stereocenters. The second-order valence-electron chi connectivity index (χ2n) is 5.63. The molecule has 1 aliphatic carbocycles. The Hall–Kier alpha value is -0.610. The highest BCUT2D eigenvalue weighted by atomic mass is 16.6. The summed E-state index contributed by atoms with van der Waals surface area (Å²) in [7, 11) is 0. The molecule has 4 nitrogen and oxygen atoms in total. The second-order valence-corrected chi connectivity index (χ2v) is 5.63. The van der Waals surface area contributed by atoms with Crippen LogP contribution in [0.15, 0.2) is 0 Å². The van der Waals surface area contributed by atoms with E-state index in [9.17, 15) is 4.79 Å². The van der Waals surface area contributed by atoms with Crippen LogP contribution < -0.4 is 5.73 Å². The smallest absolute Gasteiger partial charge is 0.313 e. The van der Waals surface area contributed by atoms with Crippen molar-refractivity contribution in [3.05, 3.63) is 0 Å². The van der Waals surface area contributed by atoms with E-state index in [1.807, 2.05) is 0 Å². The van der Waals surface area contributed by atoms with Crippen LogP contribution in [0, 0.1) is 5.41 Å². The summed E-state index contributed by atoms with van der Waals surface area (Å²) in [5.74, 6) is -0.0983. The van der Waals surface area contributed by atoms with E-state index < -0.39 is 5.41 Å². The van der Waals surface area contributed by atoms with Gasteiger partial charge < -0.3 is 15.2 Å². The quantitative estimate of drug-likeness (QED) is 0.781. The Morgan fingerprint density at radius 3 is 2.61 bits per heavy atom. The number of rotatable bonds is 4. The van der Waals surface area contributed by atoms with Gasteiger partial charge in [0.05, 0.1) is 11.5 Å². The third kappa shape index (κ3) is 3.23. The highest BCUT2D eigenvalue weighted by molar-refractivity contribution is 5.77. The van der Waals surface area contributed by atoms with E-state index in [-0.39, 0.29) is 12.1 Å². The van der Waals surface area contributed by atoms with Crippen LogP contribution in [-0.4, -0.2) is 31.8 Å². The number of carbonyl (C=O) groups excluding carboxylic acids is 1. The van der Waals surface area contributed by atoms with E-state index in [0.29, 0.717) is 13.2 Å². The Morgan fingerprint density at radius 1 is 1.22 bits per heavy atom. The molecule has 1 atom stereocenters. The van der Waals surface area contributed by atoms with Gasteiger partial charge in [0.15, 0.2) is 0 Å². The maximum absolute atomic E-state index is 12.2. The van der Waals surface area contributed by atoms with Crippen LogP contribution in [0.5, 0.6) is 0 Å². The average molecular weight is 255 g/mol. The van der Waals surface area contributed by atoms with Gasteiger partial charge >= 0.3 is 5.97 Å². The minimum Gasteiger partial charge on any atom is -0.462 e. The van der Waals surface area contributed by atoms with E-state index in [2.05, 4.69) is 0 Å². The number of carbonyl (C=O) groups is 1. The van der Waals surface area contributed by atoms with Crippen molar-refractivity contribution < 1.29 is 14.3 Å². The van der Waals surface area contributed by atoms with Gasteiger partial charge in [-0.15, -0.1) is 0 Å². The fraction of sp³-hybridized carbons (Fsp3) is 0.929. The molecule has 18 heavy (non-hydrogen) atoms. The number of nitrogens with two attached hydrogens (primary N) is 1. The van der Waals surface area contributed by atoms with Crippen molar-refractivity contribution in [2.24, 2.45) is 11.1 Å². The van der Waals surface area contributed by atoms with E-state index in [1.54, 1.807) is 0 Å². The Balaban J connectivity index is 1.81. The summed E-state index contributed by atoms with van der Waals surface area (Å²) >= 11 is 0. The molecular formula is C14H25NO3. The van der Waals surface area contributed by atoms with Crippen LogP contribution >= 0.6 is 0 Å². The van der Waals surface area contributed by atoms with Crippen molar-refractivity contribution >= 4 is 5.97 Å². The first-order valence-electron chi connectivity index (χ1n) is 7.26. The first-order chi connectivity index (χ1) is 8.77. The molecule has 1 saturated carbocycles. The van der Waals surface area contributed by atoms with Gasteiger partial charge in [-0.3, -0.25) is 4.79 Å². The van der Waals surface area contributed by atoms with Crippen LogP contribution in [0.3, 0.4) is 0 Å².